The van der Waals surface area contributed by atoms with Crippen molar-refractivity contribution in [3.8, 4) is 11.5 Å². The van der Waals surface area contributed by atoms with Crippen LogP contribution in [0, 0.1) is 0 Å². The highest BCUT2D eigenvalue weighted by atomic mass is 16.5. The quantitative estimate of drug-likeness (QED) is 0.648. The zero-order valence-electron chi connectivity index (χ0n) is 16.9. The summed E-state index contributed by atoms with van der Waals surface area (Å²) in [5.41, 5.74) is 2.25. The highest BCUT2D eigenvalue weighted by molar-refractivity contribution is 5.43. The van der Waals surface area contributed by atoms with Crippen LogP contribution < -0.4 is 14.8 Å². The predicted octanol–water partition coefficient (Wildman–Crippen LogP) is 1.94. The molecular weight excluding hydrogens is 356 g/mol. The maximum Gasteiger partial charge on any atom is 0.161 e. The Morgan fingerprint density at radius 3 is 2.64 bits per heavy atom. The number of hydrogen-bond acceptors (Lipinski definition) is 6. The lowest BCUT2D eigenvalue weighted by Gasteiger charge is -2.28. The molecular formula is C21H32N4O3. The van der Waals surface area contributed by atoms with Crippen molar-refractivity contribution < 1.29 is 14.6 Å². The molecule has 1 unspecified atom stereocenters. The van der Waals surface area contributed by atoms with Gasteiger partial charge in [0.1, 0.15) is 12.7 Å². The maximum atomic E-state index is 10.3. The molecule has 1 fully saturated rings. The van der Waals surface area contributed by atoms with Gasteiger partial charge in [-0.3, -0.25) is 4.68 Å². The molecule has 2 heterocycles. The van der Waals surface area contributed by atoms with Crippen LogP contribution in [0.1, 0.15) is 30.4 Å². The summed E-state index contributed by atoms with van der Waals surface area (Å²) in [5.74, 6) is 1.35. The topological polar surface area (TPSA) is 71.8 Å². The molecule has 7 heteroatoms. The molecule has 0 aliphatic carbocycles. The van der Waals surface area contributed by atoms with Crippen molar-refractivity contribution in [3.63, 3.8) is 0 Å². The monoisotopic (exact) mass is 388 g/mol. The number of nitrogens with one attached hydrogen (secondary N) is 1. The smallest absolute Gasteiger partial charge is 0.161 e. The first kappa shape index (κ1) is 20.6. The number of aliphatic hydroxyl groups is 1. The van der Waals surface area contributed by atoms with Crippen molar-refractivity contribution in [1.29, 1.82) is 0 Å². The number of benzene rings is 1. The van der Waals surface area contributed by atoms with Crippen molar-refractivity contribution in [2.75, 3.05) is 33.4 Å². The number of aliphatic hydroxyl groups excluding tert-OH is 1. The molecule has 28 heavy (non-hydrogen) atoms. The van der Waals surface area contributed by atoms with Gasteiger partial charge in [-0.15, -0.1) is 0 Å². The normalized spacial score (nSPS) is 16.1. The van der Waals surface area contributed by atoms with E-state index in [4.69, 9.17) is 9.47 Å². The van der Waals surface area contributed by atoms with Crippen molar-refractivity contribution in [2.24, 2.45) is 7.05 Å². The zero-order chi connectivity index (χ0) is 19.8. The van der Waals surface area contributed by atoms with Gasteiger partial charge in [-0.05, 0) is 43.6 Å². The summed E-state index contributed by atoms with van der Waals surface area (Å²) in [5, 5.41) is 17.9. The zero-order valence-corrected chi connectivity index (χ0v) is 16.9. The lowest BCUT2D eigenvalue weighted by molar-refractivity contribution is 0.0608. The summed E-state index contributed by atoms with van der Waals surface area (Å²) in [6.07, 6.45) is 7.08. The van der Waals surface area contributed by atoms with E-state index >= 15 is 0 Å². The molecule has 2 aromatic rings. The van der Waals surface area contributed by atoms with Crippen LogP contribution in [0.25, 0.3) is 0 Å². The van der Waals surface area contributed by atoms with E-state index in [1.807, 2.05) is 37.6 Å². The molecule has 0 bridgehead atoms. The van der Waals surface area contributed by atoms with Crippen LogP contribution in [-0.2, 0) is 20.1 Å². The number of nitrogens with zero attached hydrogens (tertiary/aromatic N) is 3. The Balaban J connectivity index is 1.50. The number of hydrogen-bond donors (Lipinski definition) is 2. The van der Waals surface area contributed by atoms with Crippen LogP contribution in [0.2, 0.25) is 0 Å². The third-order valence-corrected chi connectivity index (χ3v) is 4.99. The third kappa shape index (κ3) is 6.22. The first-order valence-corrected chi connectivity index (χ1v) is 10.0. The number of ether oxygens (including phenoxy) is 2. The lowest BCUT2D eigenvalue weighted by atomic mass is 10.1. The average Bonchev–Trinajstić information content (AvgIpc) is 3.12. The van der Waals surface area contributed by atoms with E-state index in [1.165, 1.54) is 19.3 Å². The van der Waals surface area contributed by atoms with E-state index in [0.29, 0.717) is 24.6 Å². The van der Waals surface area contributed by atoms with Gasteiger partial charge >= 0.3 is 0 Å². The van der Waals surface area contributed by atoms with Crippen LogP contribution in [0.3, 0.4) is 0 Å². The van der Waals surface area contributed by atoms with Gasteiger partial charge in [-0.1, -0.05) is 12.5 Å². The molecule has 2 N–H and O–H groups in total. The van der Waals surface area contributed by atoms with Gasteiger partial charge in [0, 0.05) is 38.4 Å². The summed E-state index contributed by atoms with van der Waals surface area (Å²) < 4.78 is 13.1. The number of rotatable bonds is 10. The van der Waals surface area contributed by atoms with Crippen LogP contribution in [0.4, 0.5) is 0 Å². The van der Waals surface area contributed by atoms with E-state index in [9.17, 15) is 5.11 Å². The second-order valence-electron chi connectivity index (χ2n) is 7.44. The minimum Gasteiger partial charge on any atom is -0.493 e. The molecule has 1 aromatic carbocycles. The molecule has 0 amide bonds. The lowest BCUT2D eigenvalue weighted by Crippen LogP contribution is -2.38. The molecule has 1 saturated heterocycles. The standard InChI is InChI=1S/C21H32N4O3/c1-24-14-18(13-23-24)12-22-11-17-6-7-20(27-2)21(10-17)28-16-19(26)15-25-8-4-3-5-9-25/h6-7,10,13-14,19,22,26H,3-5,8-9,11-12,15-16H2,1-2H3. The van der Waals surface area contributed by atoms with Crippen molar-refractivity contribution in [1.82, 2.24) is 20.0 Å². The number of β-amino-alcohol motifs (C(OH)–C–C–N with tert-alkyl or cyclic N) is 1. The first-order chi connectivity index (χ1) is 13.6. The number of aryl methyl sites for hydroxylation is 1. The predicted molar refractivity (Wildman–Crippen MR) is 109 cm³/mol. The molecule has 0 radical (unpaired) electrons. The molecule has 1 aliphatic heterocycles. The molecule has 1 aromatic heterocycles. The van der Waals surface area contributed by atoms with Crippen LogP contribution >= 0.6 is 0 Å². The fraction of sp³-hybridized carbons (Fsp3) is 0.571. The van der Waals surface area contributed by atoms with Crippen LogP contribution in [0.5, 0.6) is 11.5 Å². The Kier molecular flexibility index (Phi) is 7.71. The highest BCUT2D eigenvalue weighted by Gasteiger charge is 2.16. The summed E-state index contributed by atoms with van der Waals surface area (Å²) in [6.45, 7) is 4.53. The Hall–Kier alpha value is -2.09. The fourth-order valence-electron chi connectivity index (χ4n) is 3.54. The maximum absolute atomic E-state index is 10.3. The summed E-state index contributed by atoms with van der Waals surface area (Å²) in [7, 11) is 3.54. The minimum atomic E-state index is -0.504. The second kappa shape index (κ2) is 10.5. The summed E-state index contributed by atoms with van der Waals surface area (Å²) in [6, 6.07) is 5.90. The Labute approximate surface area is 167 Å². The second-order valence-corrected chi connectivity index (χ2v) is 7.44. The molecule has 154 valence electrons. The van der Waals surface area contributed by atoms with Crippen LogP contribution in [0.15, 0.2) is 30.6 Å². The molecule has 0 saturated carbocycles. The van der Waals surface area contributed by atoms with Gasteiger partial charge in [0.25, 0.3) is 0 Å². The van der Waals surface area contributed by atoms with Gasteiger partial charge in [0.15, 0.2) is 11.5 Å². The summed E-state index contributed by atoms with van der Waals surface area (Å²) in [4.78, 5) is 2.31. The molecule has 1 atom stereocenters. The fourth-order valence-corrected chi connectivity index (χ4v) is 3.54. The first-order valence-electron chi connectivity index (χ1n) is 10.0. The number of methoxy groups -OCH3 is 1. The Bertz CT molecular complexity index is 728. The van der Waals surface area contributed by atoms with Gasteiger partial charge in [-0.25, -0.2) is 0 Å². The van der Waals surface area contributed by atoms with E-state index in [2.05, 4.69) is 15.3 Å². The Morgan fingerprint density at radius 2 is 1.93 bits per heavy atom. The van der Waals surface area contributed by atoms with E-state index in [0.717, 1.165) is 30.8 Å². The number of piperidine rings is 1. The number of aromatic nitrogens is 2. The van der Waals surface area contributed by atoms with Crippen molar-refractivity contribution >= 4 is 0 Å². The molecule has 7 nitrogen and oxygen atoms in total. The Morgan fingerprint density at radius 1 is 1.14 bits per heavy atom. The molecule has 3 rings (SSSR count). The number of likely N-dealkylation sites (tertiary alicyclic amines) is 1. The van der Waals surface area contributed by atoms with Gasteiger partial charge in [-0.2, -0.15) is 5.10 Å². The molecule has 0 spiro atoms. The third-order valence-electron chi connectivity index (χ3n) is 4.99. The molecule has 1 aliphatic rings. The van der Waals surface area contributed by atoms with Crippen molar-refractivity contribution in [3.05, 3.63) is 41.7 Å². The van der Waals surface area contributed by atoms with Gasteiger partial charge < -0.3 is 24.8 Å². The largest absolute Gasteiger partial charge is 0.493 e. The van der Waals surface area contributed by atoms with Crippen LogP contribution in [-0.4, -0.2) is 59.2 Å². The summed E-state index contributed by atoms with van der Waals surface area (Å²) >= 11 is 0. The SMILES string of the molecule is COc1ccc(CNCc2cnn(C)c2)cc1OCC(O)CN1CCCCC1. The van der Waals surface area contributed by atoms with E-state index in [1.54, 1.807) is 11.8 Å². The van der Waals surface area contributed by atoms with E-state index < -0.39 is 6.10 Å². The minimum absolute atomic E-state index is 0.263. The highest BCUT2D eigenvalue weighted by Crippen LogP contribution is 2.28. The van der Waals surface area contributed by atoms with Gasteiger partial charge in [0.2, 0.25) is 0 Å². The van der Waals surface area contributed by atoms with Crippen molar-refractivity contribution in [2.45, 2.75) is 38.5 Å². The van der Waals surface area contributed by atoms with E-state index in [-0.39, 0.29) is 6.61 Å². The average molecular weight is 389 g/mol. The van der Waals surface area contributed by atoms with Gasteiger partial charge in [0.05, 0.1) is 13.3 Å².